The number of hydrogen-bond acceptors (Lipinski definition) is 2. The molecule has 13 heavy (non-hydrogen) atoms. The predicted octanol–water partition coefficient (Wildman–Crippen LogP) is 3.06. The molecule has 0 saturated heterocycles. The Balaban J connectivity index is 4.19. The monoisotopic (exact) mass is 187 g/mol. The van der Waals surface area contributed by atoms with E-state index < -0.39 is 0 Å². The molecule has 0 rings (SSSR count). The molecule has 80 valence electrons. The third-order valence-electron chi connectivity index (χ3n) is 2.51. The average Bonchev–Trinajstić information content (AvgIpc) is 2.06. The molecule has 0 unspecified atom stereocenters. The third kappa shape index (κ3) is 4.63. The van der Waals surface area contributed by atoms with Gasteiger partial charge in [0.25, 0.3) is 0 Å². The summed E-state index contributed by atoms with van der Waals surface area (Å²) in [5.74, 6) is 0. The van der Waals surface area contributed by atoms with Crippen molar-refractivity contribution < 1.29 is 4.74 Å². The minimum absolute atomic E-state index is 0.0764. The Morgan fingerprint density at radius 1 is 0.923 bits per heavy atom. The van der Waals surface area contributed by atoms with E-state index in [9.17, 15) is 0 Å². The maximum atomic E-state index is 5.73. The second kappa shape index (κ2) is 7.34. The van der Waals surface area contributed by atoms with Crippen molar-refractivity contribution in [2.45, 2.75) is 64.9 Å². The minimum Gasteiger partial charge on any atom is -0.360 e. The Kier molecular flexibility index (Phi) is 7.29. The summed E-state index contributed by atoms with van der Waals surface area (Å²) in [6.45, 7) is 6.99. The molecule has 0 aromatic heterocycles. The number of nitrogens with two attached hydrogens (primary N) is 1. The Bertz CT molecular complexity index is 85.1. The lowest BCUT2D eigenvalue weighted by Crippen LogP contribution is -2.34. The summed E-state index contributed by atoms with van der Waals surface area (Å²) in [7, 11) is 0. The Morgan fingerprint density at radius 2 is 1.31 bits per heavy atom. The highest BCUT2D eigenvalue weighted by atomic mass is 16.5. The number of rotatable bonds is 8. The predicted molar refractivity (Wildman–Crippen MR) is 57.6 cm³/mol. The quantitative estimate of drug-likeness (QED) is 0.593. The topological polar surface area (TPSA) is 35.2 Å². The normalized spacial score (nSPS) is 12.0. The van der Waals surface area contributed by atoms with Crippen LogP contribution in [0.25, 0.3) is 0 Å². The van der Waals surface area contributed by atoms with E-state index in [0.717, 1.165) is 19.3 Å². The van der Waals surface area contributed by atoms with E-state index in [1.54, 1.807) is 0 Å². The summed E-state index contributed by atoms with van der Waals surface area (Å²) in [5.41, 5.74) is 5.56. The van der Waals surface area contributed by atoms with Gasteiger partial charge in [0.15, 0.2) is 0 Å². The van der Waals surface area contributed by atoms with Crippen LogP contribution in [0.2, 0.25) is 0 Å². The van der Waals surface area contributed by atoms with Gasteiger partial charge in [0, 0.05) is 0 Å². The van der Waals surface area contributed by atoms with E-state index in [0.29, 0.717) is 6.73 Å². The Hall–Kier alpha value is -0.0800. The maximum Gasteiger partial charge on any atom is 0.0947 e. The van der Waals surface area contributed by atoms with E-state index in [1.807, 2.05) is 0 Å². The van der Waals surface area contributed by atoms with Crippen molar-refractivity contribution in [3.05, 3.63) is 0 Å². The van der Waals surface area contributed by atoms with E-state index in [2.05, 4.69) is 20.8 Å². The van der Waals surface area contributed by atoms with Crippen LogP contribution < -0.4 is 5.73 Å². The Morgan fingerprint density at radius 3 is 1.54 bits per heavy atom. The maximum absolute atomic E-state index is 5.73. The van der Waals surface area contributed by atoms with Crippen molar-refractivity contribution in [1.82, 2.24) is 0 Å². The summed E-state index contributed by atoms with van der Waals surface area (Å²) in [6, 6.07) is 0. The van der Waals surface area contributed by atoms with Gasteiger partial charge in [-0.05, 0) is 19.3 Å². The highest BCUT2D eigenvalue weighted by molar-refractivity contribution is 4.79. The molecule has 0 fully saturated rings. The summed E-state index contributed by atoms with van der Waals surface area (Å²) >= 11 is 0. The van der Waals surface area contributed by atoms with Crippen LogP contribution in [-0.4, -0.2) is 12.3 Å². The zero-order valence-electron chi connectivity index (χ0n) is 9.44. The summed E-state index contributed by atoms with van der Waals surface area (Å²) in [4.78, 5) is 0. The molecular weight excluding hydrogens is 162 g/mol. The molecule has 0 amide bonds. The van der Waals surface area contributed by atoms with Crippen molar-refractivity contribution >= 4 is 0 Å². The van der Waals surface area contributed by atoms with Gasteiger partial charge in [0.05, 0.1) is 12.3 Å². The van der Waals surface area contributed by atoms with Gasteiger partial charge in [-0.2, -0.15) is 0 Å². The van der Waals surface area contributed by atoms with E-state index >= 15 is 0 Å². The van der Waals surface area contributed by atoms with Gasteiger partial charge in [0.2, 0.25) is 0 Å². The van der Waals surface area contributed by atoms with Crippen LogP contribution in [0.4, 0.5) is 0 Å². The highest BCUT2D eigenvalue weighted by Crippen LogP contribution is 2.29. The van der Waals surface area contributed by atoms with Crippen molar-refractivity contribution in [3.63, 3.8) is 0 Å². The molecule has 0 bridgehead atoms. The zero-order chi connectivity index (χ0) is 10.2. The van der Waals surface area contributed by atoms with Gasteiger partial charge < -0.3 is 10.5 Å². The van der Waals surface area contributed by atoms with Gasteiger partial charge in [-0.15, -0.1) is 0 Å². The van der Waals surface area contributed by atoms with Gasteiger partial charge in [-0.1, -0.05) is 40.0 Å². The van der Waals surface area contributed by atoms with Gasteiger partial charge >= 0.3 is 0 Å². The molecule has 0 aromatic carbocycles. The number of hydrogen-bond donors (Lipinski definition) is 1. The van der Waals surface area contributed by atoms with E-state index in [4.69, 9.17) is 10.5 Å². The molecule has 0 atom stereocenters. The molecule has 2 N–H and O–H groups in total. The van der Waals surface area contributed by atoms with Crippen molar-refractivity contribution in [2.75, 3.05) is 6.73 Å². The molecule has 0 aromatic rings. The summed E-state index contributed by atoms with van der Waals surface area (Å²) < 4.78 is 5.73. The van der Waals surface area contributed by atoms with Crippen LogP contribution in [-0.2, 0) is 4.74 Å². The molecule has 0 aliphatic heterocycles. The van der Waals surface area contributed by atoms with Crippen LogP contribution >= 0.6 is 0 Å². The standard InChI is InChI=1S/C11H25NO/c1-4-7-11(8-5-2,9-6-3)13-10-12/h4-10,12H2,1-3H3. The van der Waals surface area contributed by atoms with E-state index in [1.165, 1.54) is 19.3 Å². The van der Waals surface area contributed by atoms with Gasteiger partial charge in [0.1, 0.15) is 0 Å². The molecule has 0 heterocycles. The van der Waals surface area contributed by atoms with E-state index in [-0.39, 0.29) is 5.60 Å². The van der Waals surface area contributed by atoms with Crippen molar-refractivity contribution in [3.8, 4) is 0 Å². The fourth-order valence-electron chi connectivity index (χ4n) is 2.14. The molecule has 2 nitrogen and oxygen atoms in total. The first-order valence-corrected chi connectivity index (χ1v) is 5.58. The lowest BCUT2D eigenvalue weighted by Gasteiger charge is -2.33. The lowest BCUT2D eigenvalue weighted by atomic mass is 9.88. The molecular formula is C11H25NO. The molecule has 0 radical (unpaired) electrons. The SMILES string of the molecule is CCCC(CCC)(CCC)OCN. The first kappa shape index (κ1) is 12.9. The zero-order valence-corrected chi connectivity index (χ0v) is 9.44. The third-order valence-corrected chi connectivity index (χ3v) is 2.51. The summed E-state index contributed by atoms with van der Waals surface area (Å²) in [6.07, 6.45) is 6.98. The van der Waals surface area contributed by atoms with Crippen LogP contribution in [0.3, 0.4) is 0 Å². The molecule has 2 heteroatoms. The smallest absolute Gasteiger partial charge is 0.0947 e. The first-order chi connectivity index (χ1) is 6.24. The first-order valence-electron chi connectivity index (χ1n) is 5.58. The second-order valence-corrected chi connectivity index (χ2v) is 3.74. The van der Waals surface area contributed by atoms with Gasteiger partial charge in [-0.3, -0.25) is 0 Å². The van der Waals surface area contributed by atoms with Crippen LogP contribution in [0, 0.1) is 0 Å². The largest absolute Gasteiger partial charge is 0.360 e. The minimum atomic E-state index is 0.0764. The average molecular weight is 187 g/mol. The second-order valence-electron chi connectivity index (χ2n) is 3.74. The number of ether oxygens (including phenoxy) is 1. The van der Waals surface area contributed by atoms with Crippen LogP contribution in [0.5, 0.6) is 0 Å². The molecule has 0 saturated carbocycles. The highest BCUT2D eigenvalue weighted by Gasteiger charge is 2.27. The fourth-order valence-corrected chi connectivity index (χ4v) is 2.14. The lowest BCUT2D eigenvalue weighted by molar-refractivity contribution is -0.0623. The molecule has 0 spiro atoms. The van der Waals surface area contributed by atoms with Crippen LogP contribution in [0.1, 0.15) is 59.3 Å². The summed E-state index contributed by atoms with van der Waals surface area (Å²) in [5, 5.41) is 0. The molecule has 0 aliphatic carbocycles. The van der Waals surface area contributed by atoms with Crippen LogP contribution in [0.15, 0.2) is 0 Å². The fraction of sp³-hybridized carbons (Fsp3) is 1.00. The Labute approximate surface area is 82.8 Å². The van der Waals surface area contributed by atoms with Crippen molar-refractivity contribution in [1.29, 1.82) is 0 Å². The molecule has 0 aliphatic rings. The van der Waals surface area contributed by atoms with Crippen molar-refractivity contribution in [2.24, 2.45) is 5.73 Å². The van der Waals surface area contributed by atoms with Gasteiger partial charge in [-0.25, -0.2) is 0 Å².